The summed E-state index contributed by atoms with van der Waals surface area (Å²) in [6.45, 7) is 4.13. The van der Waals surface area contributed by atoms with E-state index in [1.165, 1.54) is 12.8 Å². The number of aromatic nitrogens is 2. The molecule has 1 aromatic heterocycles. The molecule has 2 aromatic rings. The fourth-order valence-electron chi connectivity index (χ4n) is 4.20. The normalized spacial score (nSPS) is 22.1. The van der Waals surface area contributed by atoms with Gasteiger partial charge in [-0.1, -0.05) is 0 Å². The Bertz CT molecular complexity index is 943. The van der Waals surface area contributed by atoms with Crippen LogP contribution in [0.15, 0.2) is 24.5 Å². The third-order valence-electron chi connectivity index (χ3n) is 6.31. The quantitative estimate of drug-likeness (QED) is 0.807. The van der Waals surface area contributed by atoms with Crippen LogP contribution in [0.3, 0.4) is 0 Å². The minimum Gasteiger partial charge on any atom is -0.477 e. The summed E-state index contributed by atoms with van der Waals surface area (Å²) >= 11 is 0. The molecule has 2 amide bonds. The Morgan fingerprint density at radius 1 is 1.13 bits per heavy atom. The number of carbonyl (C=O) groups is 2. The number of benzene rings is 1. The molecule has 8 nitrogen and oxygen atoms in total. The van der Waals surface area contributed by atoms with E-state index in [0.29, 0.717) is 44.3 Å². The van der Waals surface area contributed by atoms with Gasteiger partial charge < -0.3 is 19.9 Å². The van der Waals surface area contributed by atoms with E-state index in [-0.39, 0.29) is 17.7 Å². The van der Waals surface area contributed by atoms with E-state index in [4.69, 9.17) is 4.74 Å². The number of nitrogens with one attached hydrogen (secondary N) is 1. The molecule has 1 saturated carbocycles. The molecule has 0 radical (unpaired) electrons. The Morgan fingerprint density at radius 3 is 2.70 bits per heavy atom. The first-order chi connectivity index (χ1) is 14.7. The largest absolute Gasteiger partial charge is 0.477 e. The number of hydrogen-bond acceptors (Lipinski definition) is 6. The molecule has 1 N–H and O–H groups in total. The van der Waals surface area contributed by atoms with Gasteiger partial charge in [0.1, 0.15) is 6.33 Å². The average Bonchev–Trinajstić information content (AvgIpc) is 3.62. The maximum Gasteiger partial charge on any atom is 0.227 e. The third-order valence-corrected chi connectivity index (χ3v) is 6.31. The predicted octanol–water partition coefficient (Wildman–Crippen LogP) is 1.59. The molecule has 0 spiro atoms. The highest BCUT2D eigenvalue weighted by Gasteiger charge is 2.30. The lowest BCUT2D eigenvalue weighted by atomic mass is 9.97. The minimum atomic E-state index is -0.0850. The lowest BCUT2D eigenvalue weighted by Gasteiger charge is -2.38. The molecule has 5 rings (SSSR count). The highest BCUT2D eigenvalue weighted by molar-refractivity contribution is 5.87. The van der Waals surface area contributed by atoms with Crippen molar-refractivity contribution in [3.8, 4) is 5.88 Å². The maximum absolute atomic E-state index is 12.8. The van der Waals surface area contributed by atoms with Crippen molar-refractivity contribution < 1.29 is 14.3 Å². The van der Waals surface area contributed by atoms with Crippen LogP contribution in [0.5, 0.6) is 5.88 Å². The Hall–Kier alpha value is -2.90. The third kappa shape index (κ3) is 4.04. The first kappa shape index (κ1) is 19.1. The standard InChI is InChI=1S/C22H27N5O3/c28-20-6-3-16(12-23-20)22(29)27-9-7-26(8-10-27)17-4-5-19-18(11-17)21(25-14-24-19)30-13-15-1-2-15/h4-5,11,14-16H,1-3,6-10,12-13H2,(H,23,28). The molecule has 3 heterocycles. The van der Waals surface area contributed by atoms with Crippen molar-refractivity contribution in [1.29, 1.82) is 0 Å². The summed E-state index contributed by atoms with van der Waals surface area (Å²) in [5.41, 5.74) is 1.98. The minimum absolute atomic E-state index is 0.0460. The molecule has 1 unspecified atom stereocenters. The summed E-state index contributed by atoms with van der Waals surface area (Å²) in [7, 11) is 0. The van der Waals surface area contributed by atoms with Crippen LogP contribution in [0.2, 0.25) is 0 Å². The van der Waals surface area contributed by atoms with Crippen molar-refractivity contribution in [2.75, 3.05) is 44.2 Å². The summed E-state index contributed by atoms with van der Waals surface area (Å²) in [4.78, 5) is 37.1. The number of ether oxygens (including phenoxy) is 1. The van der Waals surface area contributed by atoms with Crippen LogP contribution >= 0.6 is 0 Å². The van der Waals surface area contributed by atoms with Gasteiger partial charge in [-0.2, -0.15) is 0 Å². The van der Waals surface area contributed by atoms with Gasteiger partial charge in [0.15, 0.2) is 0 Å². The van der Waals surface area contributed by atoms with E-state index in [1.54, 1.807) is 6.33 Å². The molecule has 3 fully saturated rings. The molecule has 2 saturated heterocycles. The molecular formula is C22H27N5O3. The predicted molar refractivity (Wildman–Crippen MR) is 112 cm³/mol. The monoisotopic (exact) mass is 409 g/mol. The number of piperazine rings is 1. The van der Waals surface area contributed by atoms with Crippen molar-refractivity contribution in [3.05, 3.63) is 24.5 Å². The number of nitrogens with zero attached hydrogens (tertiary/aromatic N) is 4. The van der Waals surface area contributed by atoms with Gasteiger partial charge in [0.25, 0.3) is 0 Å². The van der Waals surface area contributed by atoms with Gasteiger partial charge in [-0.15, -0.1) is 0 Å². The van der Waals surface area contributed by atoms with Gasteiger partial charge in [0.05, 0.1) is 23.4 Å². The smallest absolute Gasteiger partial charge is 0.227 e. The van der Waals surface area contributed by atoms with Crippen LogP contribution in [0, 0.1) is 11.8 Å². The SMILES string of the molecule is O=C1CCC(C(=O)N2CCN(c3ccc4ncnc(OCC5CC5)c4c3)CC2)CN1. The number of hydrogen-bond donors (Lipinski definition) is 1. The molecule has 1 atom stereocenters. The van der Waals surface area contributed by atoms with Gasteiger partial charge in [0, 0.05) is 44.8 Å². The second-order valence-corrected chi connectivity index (χ2v) is 8.49. The van der Waals surface area contributed by atoms with E-state index < -0.39 is 0 Å². The number of fused-ring (bicyclic) bond motifs is 1. The summed E-state index contributed by atoms with van der Waals surface area (Å²) in [5.74, 6) is 1.45. The summed E-state index contributed by atoms with van der Waals surface area (Å²) in [6.07, 6.45) is 5.14. The van der Waals surface area contributed by atoms with Crippen molar-refractivity contribution >= 4 is 28.4 Å². The molecule has 8 heteroatoms. The topological polar surface area (TPSA) is 87.7 Å². The van der Waals surface area contributed by atoms with Crippen molar-refractivity contribution in [1.82, 2.24) is 20.2 Å². The van der Waals surface area contributed by atoms with Crippen LogP contribution in [0.4, 0.5) is 5.69 Å². The maximum atomic E-state index is 12.8. The van der Waals surface area contributed by atoms with Gasteiger partial charge in [-0.05, 0) is 43.4 Å². The summed E-state index contributed by atoms with van der Waals surface area (Å²) in [6, 6.07) is 6.19. The zero-order chi connectivity index (χ0) is 20.5. The second kappa shape index (κ2) is 8.08. The lowest BCUT2D eigenvalue weighted by molar-refractivity contribution is -0.137. The zero-order valence-electron chi connectivity index (χ0n) is 17.0. The van der Waals surface area contributed by atoms with Gasteiger partial charge in [-0.3, -0.25) is 9.59 Å². The Balaban J connectivity index is 1.24. The Morgan fingerprint density at radius 2 is 1.97 bits per heavy atom. The van der Waals surface area contributed by atoms with E-state index in [2.05, 4.69) is 32.3 Å². The highest BCUT2D eigenvalue weighted by atomic mass is 16.5. The average molecular weight is 409 g/mol. The fourth-order valence-corrected chi connectivity index (χ4v) is 4.20. The molecule has 1 aliphatic carbocycles. The molecule has 0 bridgehead atoms. The Labute approximate surface area is 175 Å². The molecule has 1 aromatic carbocycles. The first-order valence-electron chi connectivity index (χ1n) is 10.9. The van der Waals surface area contributed by atoms with E-state index in [0.717, 1.165) is 36.3 Å². The van der Waals surface area contributed by atoms with Gasteiger partial charge in [-0.25, -0.2) is 9.97 Å². The van der Waals surface area contributed by atoms with Crippen LogP contribution in [0.25, 0.3) is 10.9 Å². The van der Waals surface area contributed by atoms with Crippen LogP contribution < -0.4 is 15.0 Å². The Kier molecular flexibility index (Phi) is 5.14. The molecular weight excluding hydrogens is 382 g/mol. The fraction of sp³-hybridized carbons (Fsp3) is 0.545. The number of piperidine rings is 1. The number of carbonyl (C=O) groups excluding carboxylic acids is 2. The van der Waals surface area contributed by atoms with Crippen LogP contribution in [0.1, 0.15) is 25.7 Å². The summed E-state index contributed by atoms with van der Waals surface area (Å²) < 4.78 is 5.96. The molecule has 3 aliphatic rings. The number of rotatable bonds is 5. The zero-order valence-corrected chi connectivity index (χ0v) is 17.0. The molecule has 2 aliphatic heterocycles. The molecule has 158 valence electrons. The van der Waals surface area contributed by atoms with E-state index in [1.807, 2.05) is 11.0 Å². The highest BCUT2D eigenvalue weighted by Crippen LogP contribution is 2.32. The summed E-state index contributed by atoms with van der Waals surface area (Å²) in [5, 5.41) is 3.75. The van der Waals surface area contributed by atoms with Crippen molar-refractivity contribution in [2.45, 2.75) is 25.7 Å². The van der Waals surface area contributed by atoms with Crippen molar-refractivity contribution in [3.63, 3.8) is 0 Å². The van der Waals surface area contributed by atoms with E-state index in [9.17, 15) is 9.59 Å². The van der Waals surface area contributed by atoms with Gasteiger partial charge in [0.2, 0.25) is 17.7 Å². The van der Waals surface area contributed by atoms with Crippen LogP contribution in [-0.2, 0) is 9.59 Å². The number of amides is 2. The first-order valence-corrected chi connectivity index (χ1v) is 10.9. The van der Waals surface area contributed by atoms with E-state index >= 15 is 0 Å². The van der Waals surface area contributed by atoms with Crippen molar-refractivity contribution in [2.24, 2.45) is 11.8 Å². The lowest BCUT2D eigenvalue weighted by Crippen LogP contribution is -2.52. The van der Waals surface area contributed by atoms with Crippen LogP contribution in [-0.4, -0.2) is 66.0 Å². The molecule has 30 heavy (non-hydrogen) atoms. The number of anilines is 1. The second-order valence-electron chi connectivity index (χ2n) is 8.49. The van der Waals surface area contributed by atoms with Gasteiger partial charge >= 0.3 is 0 Å².